The van der Waals surface area contributed by atoms with Gasteiger partial charge >= 0.3 is 5.97 Å². The quantitative estimate of drug-likeness (QED) is 0.616. The van der Waals surface area contributed by atoms with E-state index in [0.717, 1.165) is 5.57 Å². The molecule has 2 heteroatoms. The minimum Gasteiger partial charge on any atom is -0.481 e. The molecule has 0 spiro atoms. The maximum Gasteiger partial charge on any atom is 0.307 e. The summed E-state index contributed by atoms with van der Waals surface area (Å²) >= 11 is 0. The van der Waals surface area contributed by atoms with Gasteiger partial charge in [0.25, 0.3) is 0 Å². The third-order valence-corrected chi connectivity index (χ3v) is 1.40. The largest absolute Gasteiger partial charge is 0.481 e. The zero-order valence-electron chi connectivity index (χ0n) is 6.84. The highest BCUT2D eigenvalue weighted by Gasteiger charge is 2.14. The van der Waals surface area contributed by atoms with Gasteiger partial charge in [-0.2, -0.15) is 0 Å². The van der Waals surface area contributed by atoms with E-state index < -0.39 is 5.97 Å². The van der Waals surface area contributed by atoms with Crippen molar-refractivity contribution in [1.29, 1.82) is 0 Å². The first-order valence-electron chi connectivity index (χ1n) is 3.56. The van der Waals surface area contributed by atoms with E-state index in [0.29, 0.717) is 12.8 Å². The molecule has 62 valence electrons. The van der Waals surface area contributed by atoms with E-state index in [2.05, 4.69) is 13.2 Å². The molecule has 0 saturated heterocycles. The Morgan fingerprint density at radius 3 is 2.55 bits per heavy atom. The van der Waals surface area contributed by atoms with Gasteiger partial charge in [0.05, 0.1) is 5.92 Å². The number of aliphatic carboxylic acids is 1. The molecule has 0 heterocycles. The van der Waals surface area contributed by atoms with E-state index in [1.54, 1.807) is 6.08 Å². The van der Waals surface area contributed by atoms with Gasteiger partial charge in [0.2, 0.25) is 0 Å². The Balaban J connectivity index is 3.99. The lowest BCUT2D eigenvalue weighted by atomic mass is 9.98. The van der Waals surface area contributed by atoms with Gasteiger partial charge in [-0.25, -0.2) is 0 Å². The molecule has 0 aliphatic heterocycles. The van der Waals surface area contributed by atoms with E-state index in [4.69, 9.17) is 5.11 Å². The van der Waals surface area contributed by atoms with Gasteiger partial charge < -0.3 is 5.11 Å². The van der Waals surface area contributed by atoms with Crippen molar-refractivity contribution in [3.05, 3.63) is 24.8 Å². The van der Waals surface area contributed by atoms with Crippen LogP contribution >= 0.6 is 0 Å². The monoisotopic (exact) mass is 154 g/mol. The van der Waals surface area contributed by atoms with Gasteiger partial charge in [-0.15, -0.1) is 13.2 Å². The second kappa shape index (κ2) is 4.72. The molecule has 11 heavy (non-hydrogen) atoms. The van der Waals surface area contributed by atoms with E-state index >= 15 is 0 Å². The summed E-state index contributed by atoms with van der Waals surface area (Å²) in [5, 5.41) is 8.66. The van der Waals surface area contributed by atoms with Gasteiger partial charge in [-0.3, -0.25) is 4.79 Å². The molecule has 2 nitrogen and oxygen atoms in total. The van der Waals surface area contributed by atoms with Crippen LogP contribution in [0.5, 0.6) is 0 Å². The van der Waals surface area contributed by atoms with E-state index in [1.165, 1.54) is 0 Å². The molecule has 0 saturated carbocycles. The van der Waals surface area contributed by atoms with Crippen LogP contribution in [0.2, 0.25) is 0 Å². The molecule has 1 N–H and O–H groups in total. The normalized spacial score (nSPS) is 12.1. The van der Waals surface area contributed by atoms with E-state index in [9.17, 15) is 4.79 Å². The molecule has 0 aromatic heterocycles. The Bertz CT molecular complexity index is 170. The van der Waals surface area contributed by atoms with Crippen LogP contribution in [0, 0.1) is 5.92 Å². The molecule has 0 aromatic carbocycles. The second-order valence-electron chi connectivity index (χ2n) is 2.72. The maximum absolute atomic E-state index is 10.5. The molecule has 1 unspecified atom stereocenters. The second-order valence-corrected chi connectivity index (χ2v) is 2.72. The number of allylic oxidation sites excluding steroid dienone is 2. The molecule has 1 atom stereocenters. The van der Waals surface area contributed by atoms with Crippen LogP contribution in [0.1, 0.15) is 19.8 Å². The fourth-order valence-corrected chi connectivity index (χ4v) is 0.893. The summed E-state index contributed by atoms with van der Waals surface area (Å²) < 4.78 is 0. The van der Waals surface area contributed by atoms with Crippen molar-refractivity contribution in [3.63, 3.8) is 0 Å². The summed E-state index contributed by atoms with van der Waals surface area (Å²) in [6.45, 7) is 8.99. The number of rotatable bonds is 5. The average Bonchev–Trinajstić information content (AvgIpc) is 1.86. The van der Waals surface area contributed by atoms with Crippen LogP contribution in [0.25, 0.3) is 0 Å². The lowest BCUT2D eigenvalue weighted by Crippen LogP contribution is -2.12. The van der Waals surface area contributed by atoms with Crippen LogP contribution in [-0.4, -0.2) is 11.1 Å². The van der Waals surface area contributed by atoms with Crippen molar-refractivity contribution in [2.75, 3.05) is 0 Å². The standard InChI is InChI=1S/C9H14O2/c1-4-5-8(9(10)11)6-7(2)3/h4,8H,1-2,5-6H2,3H3,(H,10,11). The Labute approximate surface area is 67.2 Å². The maximum atomic E-state index is 10.5. The fourth-order valence-electron chi connectivity index (χ4n) is 0.893. The molecule has 0 radical (unpaired) electrons. The molecule has 0 amide bonds. The first kappa shape index (κ1) is 9.95. The highest BCUT2D eigenvalue weighted by Crippen LogP contribution is 2.14. The third-order valence-electron chi connectivity index (χ3n) is 1.40. The molecule has 0 rings (SSSR count). The zero-order chi connectivity index (χ0) is 8.85. The summed E-state index contributed by atoms with van der Waals surface area (Å²) in [7, 11) is 0. The SMILES string of the molecule is C=CCC(CC(=C)C)C(=O)O. The number of hydrogen-bond donors (Lipinski definition) is 1. The van der Waals surface area contributed by atoms with E-state index in [-0.39, 0.29) is 5.92 Å². The molecular formula is C9H14O2. The minimum absolute atomic E-state index is 0.343. The predicted molar refractivity (Wildman–Crippen MR) is 45.4 cm³/mol. The predicted octanol–water partition coefficient (Wildman–Crippen LogP) is 2.23. The smallest absolute Gasteiger partial charge is 0.307 e. The van der Waals surface area contributed by atoms with Crippen LogP contribution in [0.4, 0.5) is 0 Å². The van der Waals surface area contributed by atoms with Crippen molar-refractivity contribution in [2.24, 2.45) is 5.92 Å². The summed E-state index contributed by atoms with van der Waals surface area (Å²) in [5.41, 5.74) is 0.902. The Morgan fingerprint density at radius 1 is 1.73 bits per heavy atom. The molecule has 0 aliphatic carbocycles. The summed E-state index contributed by atoms with van der Waals surface area (Å²) in [4.78, 5) is 10.5. The van der Waals surface area contributed by atoms with Crippen molar-refractivity contribution < 1.29 is 9.90 Å². The molecule has 0 aromatic rings. The zero-order valence-corrected chi connectivity index (χ0v) is 6.84. The van der Waals surface area contributed by atoms with Gasteiger partial charge in [0, 0.05) is 0 Å². The molecule has 0 aliphatic rings. The number of carboxylic acids is 1. The lowest BCUT2D eigenvalue weighted by Gasteiger charge is -2.08. The van der Waals surface area contributed by atoms with Crippen molar-refractivity contribution in [1.82, 2.24) is 0 Å². The summed E-state index contributed by atoms with van der Waals surface area (Å²) in [5.74, 6) is -1.11. The van der Waals surface area contributed by atoms with Gasteiger partial charge in [0.15, 0.2) is 0 Å². The Kier molecular flexibility index (Phi) is 4.27. The highest BCUT2D eigenvalue weighted by molar-refractivity contribution is 5.70. The number of carbonyl (C=O) groups is 1. The van der Waals surface area contributed by atoms with Crippen molar-refractivity contribution in [3.8, 4) is 0 Å². The minimum atomic E-state index is -0.770. The fraction of sp³-hybridized carbons (Fsp3) is 0.444. The van der Waals surface area contributed by atoms with Gasteiger partial charge in [-0.1, -0.05) is 11.6 Å². The van der Waals surface area contributed by atoms with Crippen LogP contribution in [-0.2, 0) is 4.79 Å². The van der Waals surface area contributed by atoms with Crippen LogP contribution < -0.4 is 0 Å². The van der Waals surface area contributed by atoms with Crippen molar-refractivity contribution >= 4 is 5.97 Å². The lowest BCUT2D eigenvalue weighted by molar-refractivity contribution is -0.141. The molecular weight excluding hydrogens is 140 g/mol. The molecule has 0 bridgehead atoms. The van der Waals surface area contributed by atoms with Gasteiger partial charge in [-0.05, 0) is 19.8 Å². The Morgan fingerprint density at radius 2 is 2.27 bits per heavy atom. The first-order chi connectivity index (χ1) is 5.07. The molecule has 0 fully saturated rings. The van der Waals surface area contributed by atoms with Crippen molar-refractivity contribution in [2.45, 2.75) is 19.8 Å². The first-order valence-corrected chi connectivity index (χ1v) is 3.56. The average molecular weight is 154 g/mol. The number of hydrogen-bond acceptors (Lipinski definition) is 1. The number of carboxylic acid groups (broad SMARTS) is 1. The summed E-state index contributed by atoms with van der Waals surface area (Å²) in [6.07, 6.45) is 2.69. The highest BCUT2D eigenvalue weighted by atomic mass is 16.4. The van der Waals surface area contributed by atoms with Crippen LogP contribution in [0.3, 0.4) is 0 Å². The van der Waals surface area contributed by atoms with E-state index in [1.807, 2.05) is 6.92 Å². The summed E-state index contributed by atoms with van der Waals surface area (Å²) in [6, 6.07) is 0. The van der Waals surface area contributed by atoms with Crippen LogP contribution in [0.15, 0.2) is 24.8 Å². The third kappa shape index (κ3) is 4.37. The van der Waals surface area contributed by atoms with Gasteiger partial charge in [0.1, 0.15) is 0 Å². The topological polar surface area (TPSA) is 37.3 Å². The Hall–Kier alpha value is -1.05.